The van der Waals surface area contributed by atoms with E-state index in [9.17, 15) is 9.50 Å². The molecule has 2 heterocycles. The van der Waals surface area contributed by atoms with E-state index in [1.54, 1.807) is 24.4 Å². The molecule has 0 saturated carbocycles. The van der Waals surface area contributed by atoms with Crippen molar-refractivity contribution in [2.24, 2.45) is 0 Å². The maximum absolute atomic E-state index is 14.3. The maximum atomic E-state index is 14.3. The molecule has 1 aromatic carbocycles. The summed E-state index contributed by atoms with van der Waals surface area (Å²) in [6.07, 6.45) is 1.80. The van der Waals surface area contributed by atoms with Crippen LogP contribution >= 0.6 is 0 Å². The van der Waals surface area contributed by atoms with Crippen LogP contribution in [0, 0.1) is 12.7 Å². The van der Waals surface area contributed by atoms with E-state index in [0.717, 1.165) is 37.6 Å². The topological polar surface area (TPSA) is 39.6 Å². The molecule has 1 aliphatic heterocycles. The standard InChI is InChI=1S/C17H20FN3O/c1-13-4-3-7-19-17(13)21-10-8-20(9-11-21)15-6-2-5-14(12-22)16(15)18/h2-7,22H,8-12H2,1H3. The van der Waals surface area contributed by atoms with Crippen LogP contribution in [0.2, 0.25) is 0 Å². The van der Waals surface area contributed by atoms with Crippen molar-refractivity contribution in [2.75, 3.05) is 36.0 Å². The van der Waals surface area contributed by atoms with Crippen LogP contribution in [0.1, 0.15) is 11.1 Å². The number of piperazine rings is 1. The highest BCUT2D eigenvalue weighted by molar-refractivity contribution is 5.53. The number of halogens is 1. The average Bonchev–Trinajstić information content (AvgIpc) is 2.56. The second-order valence-electron chi connectivity index (χ2n) is 5.53. The summed E-state index contributed by atoms with van der Waals surface area (Å²) < 4.78 is 14.3. The van der Waals surface area contributed by atoms with Gasteiger partial charge in [0.1, 0.15) is 5.82 Å². The lowest BCUT2D eigenvalue weighted by atomic mass is 10.1. The Bertz CT molecular complexity index is 654. The monoisotopic (exact) mass is 301 g/mol. The molecule has 0 radical (unpaired) electrons. The molecule has 0 spiro atoms. The van der Waals surface area contributed by atoms with Gasteiger partial charge in [-0.05, 0) is 24.6 Å². The van der Waals surface area contributed by atoms with Crippen LogP contribution in [0.4, 0.5) is 15.9 Å². The van der Waals surface area contributed by atoms with Crippen molar-refractivity contribution in [3.8, 4) is 0 Å². The van der Waals surface area contributed by atoms with Gasteiger partial charge in [0.2, 0.25) is 0 Å². The second kappa shape index (κ2) is 6.32. The number of aliphatic hydroxyl groups is 1. The van der Waals surface area contributed by atoms with E-state index in [-0.39, 0.29) is 12.4 Å². The summed E-state index contributed by atoms with van der Waals surface area (Å²) >= 11 is 0. The molecule has 116 valence electrons. The van der Waals surface area contributed by atoms with Gasteiger partial charge in [-0.1, -0.05) is 18.2 Å². The maximum Gasteiger partial charge on any atom is 0.151 e. The average molecular weight is 301 g/mol. The molecule has 4 nitrogen and oxygen atoms in total. The predicted octanol–water partition coefficient (Wildman–Crippen LogP) is 2.35. The summed E-state index contributed by atoms with van der Waals surface area (Å²) in [7, 11) is 0. The summed E-state index contributed by atoms with van der Waals surface area (Å²) in [5.41, 5.74) is 2.08. The smallest absolute Gasteiger partial charge is 0.151 e. The highest BCUT2D eigenvalue weighted by Crippen LogP contribution is 2.25. The minimum Gasteiger partial charge on any atom is -0.392 e. The molecule has 1 fully saturated rings. The lowest BCUT2D eigenvalue weighted by Crippen LogP contribution is -2.47. The first-order valence-electron chi connectivity index (χ1n) is 7.50. The summed E-state index contributed by atoms with van der Waals surface area (Å²) in [5, 5.41) is 9.19. The Balaban J connectivity index is 1.74. The minimum absolute atomic E-state index is 0.271. The fourth-order valence-electron chi connectivity index (χ4n) is 2.90. The minimum atomic E-state index is -0.313. The fraction of sp³-hybridized carbons (Fsp3) is 0.353. The van der Waals surface area contributed by atoms with Crippen molar-refractivity contribution in [2.45, 2.75) is 13.5 Å². The number of aliphatic hydroxyl groups excluding tert-OH is 1. The van der Waals surface area contributed by atoms with Crippen LogP contribution in [0.25, 0.3) is 0 Å². The highest BCUT2D eigenvalue weighted by atomic mass is 19.1. The van der Waals surface area contributed by atoms with Crippen molar-refractivity contribution in [3.05, 3.63) is 53.5 Å². The zero-order chi connectivity index (χ0) is 15.5. The van der Waals surface area contributed by atoms with Crippen LogP contribution in [-0.2, 0) is 6.61 Å². The molecule has 0 amide bonds. The Labute approximate surface area is 129 Å². The van der Waals surface area contributed by atoms with E-state index in [0.29, 0.717) is 11.3 Å². The molecule has 5 heteroatoms. The van der Waals surface area contributed by atoms with Gasteiger partial charge >= 0.3 is 0 Å². The lowest BCUT2D eigenvalue weighted by Gasteiger charge is -2.37. The zero-order valence-electron chi connectivity index (χ0n) is 12.7. The summed E-state index contributed by atoms with van der Waals surface area (Å²) in [4.78, 5) is 8.71. The van der Waals surface area contributed by atoms with Gasteiger partial charge in [-0.15, -0.1) is 0 Å². The number of nitrogens with zero attached hydrogens (tertiary/aromatic N) is 3. The van der Waals surface area contributed by atoms with Crippen LogP contribution in [0.3, 0.4) is 0 Å². The largest absolute Gasteiger partial charge is 0.392 e. The summed E-state index contributed by atoms with van der Waals surface area (Å²) in [6.45, 7) is 4.87. The first-order valence-corrected chi connectivity index (χ1v) is 7.50. The number of rotatable bonds is 3. The molecule has 0 atom stereocenters. The third-order valence-corrected chi connectivity index (χ3v) is 4.13. The quantitative estimate of drug-likeness (QED) is 0.944. The van der Waals surface area contributed by atoms with Gasteiger partial charge in [0.25, 0.3) is 0 Å². The molecule has 1 aliphatic rings. The number of aromatic nitrogens is 1. The van der Waals surface area contributed by atoms with Crippen LogP contribution in [-0.4, -0.2) is 36.3 Å². The van der Waals surface area contributed by atoms with Crippen LogP contribution in [0.15, 0.2) is 36.5 Å². The van der Waals surface area contributed by atoms with Gasteiger partial charge in [-0.3, -0.25) is 0 Å². The van der Waals surface area contributed by atoms with Crippen molar-refractivity contribution >= 4 is 11.5 Å². The SMILES string of the molecule is Cc1cccnc1N1CCN(c2cccc(CO)c2F)CC1. The van der Waals surface area contributed by atoms with E-state index in [4.69, 9.17) is 0 Å². The number of hydrogen-bond donors (Lipinski definition) is 1. The Kier molecular flexibility index (Phi) is 4.24. The molecule has 0 aliphatic carbocycles. The molecule has 3 rings (SSSR count). The first kappa shape index (κ1) is 14.8. The Morgan fingerprint density at radius 1 is 1.09 bits per heavy atom. The molecule has 1 saturated heterocycles. The van der Waals surface area contributed by atoms with E-state index < -0.39 is 0 Å². The van der Waals surface area contributed by atoms with Crippen molar-refractivity contribution in [3.63, 3.8) is 0 Å². The molecule has 0 unspecified atom stereocenters. The normalized spacial score (nSPS) is 15.2. The van der Waals surface area contributed by atoms with Gasteiger partial charge < -0.3 is 14.9 Å². The molecule has 2 aromatic rings. The molecule has 22 heavy (non-hydrogen) atoms. The van der Waals surface area contributed by atoms with Gasteiger partial charge in [-0.2, -0.15) is 0 Å². The second-order valence-corrected chi connectivity index (χ2v) is 5.53. The number of aryl methyl sites for hydroxylation is 1. The summed E-state index contributed by atoms with van der Waals surface area (Å²) in [6, 6.07) is 9.17. The van der Waals surface area contributed by atoms with Crippen molar-refractivity contribution < 1.29 is 9.50 Å². The number of hydrogen-bond acceptors (Lipinski definition) is 4. The Hall–Kier alpha value is -2.14. The Morgan fingerprint density at radius 2 is 1.82 bits per heavy atom. The van der Waals surface area contributed by atoms with Crippen LogP contribution < -0.4 is 9.80 Å². The van der Waals surface area contributed by atoms with Crippen molar-refractivity contribution in [1.82, 2.24) is 4.98 Å². The van der Waals surface area contributed by atoms with Crippen LogP contribution in [0.5, 0.6) is 0 Å². The van der Waals surface area contributed by atoms with Gasteiger partial charge in [-0.25, -0.2) is 9.37 Å². The van der Waals surface area contributed by atoms with Gasteiger partial charge in [0, 0.05) is 37.9 Å². The van der Waals surface area contributed by atoms with Gasteiger partial charge in [0.15, 0.2) is 5.82 Å². The molecular formula is C17H20FN3O. The highest BCUT2D eigenvalue weighted by Gasteiger charge is 2.22. The zero-order valence-corrected chi connectivity index (χ0v) is 12.7. The molecule has 1 N–H and O–H groups in total. The third kappa shape index (κ3) is 2.76. The number of benzene rings is 1. The predicted molar refractivity (Wildman–Crippen MR) is 85.7 cm³/mol. The lowest BCUT2D eigenvalue weighted by molar-refractivity contribution is 0.276. The molecule has 1 aromatic heterocycles. The number of anilines is 2. The van der Waals surface area contributed by atoms with E-state index in [1.807, 2.05) is 11.0 Å². The summed E-state index contributed by atoms with van der Waals surface area (Å²) in [5.74, 6) is 0.694. The molecule has 0 bridgehead atoms. The third-order valence-electron chi connectivity index (χ3n) is 4.13. The number of pyridine rings is 1. The fourth-order valence-corrected chi connectivity index (χ4v) is 2.90. The van der Waals surface area contributed by atoms with Gasteiger partial charge in [0.05, 0.1) is 12.3 Å². The molecular weight excluding hydrogens is 281 g/mol. The van der Waals surface area contributed by atoms with E-state index in [2.05, 4.69) is 22.9 Å². The first-order chi connectivity index (χ1) is 10.7. The van der Waals surface area contributed by atoms with E-state index >= 15 is 0 Å². The van der Waals surface area contributed by atoms with E-state index in [1.165, 1.54) is 0 Å². The van der Waals surface area contributed by atoms with Crippen molar-refractivity contribution in [1.29, 1.82) is 0 Å². The Morgan fingerprint density at radius 3 is 2.50 bits per heavy atom.